The van der Waals surface area contributed by atoms with E-state index < -0.39 is 17.8 Å². The third kappa shape index (κ3) is 4.45. The van der Waals surface area contributed by atoms with Crippen molar-refractivity contribution in [2.75, 3.05) is 32.7 Å². The zero-order chi connectivity index (χ0) is 23.4. The first kappa shape index (κ1) is 22.5. The molecule has 3 aromatic carbocycles. The molecule has 0 bridgehead atoms. The van der Waals surface area contributed by atoms with Crippen LogP contribution in [0.3, 0.4) is 0 Å². The predicted octanol–water partition coefficient (Wildman–Crippen LogP) is 4.40. The molecule has 170 valence electrons. The lowest BCUT2D eigenvalue weighted by Crippen LogP contribution is -2.47. The van der Waals surface area contributed by atoms with Crippen LogP contribution in [0.2, 0.25) is 0 Å². The Balaban J connectivity index is 1.83. The van der Waals surface area contributed by atoms with E-state index in [0.29, 0.717) is 22.6 Å². The quantitative estimate of drug-likeness (QED) is 0.582. The minimum absolute atomic E-state index is 0.214. The van der Waals surface area contributed by atoms with E-state index in [9.17, 15) is 9.59 Å². The number of benzene rings is 3. The van der Waals surface area contributed by atoms with Gasteiger partial charge in [0.1, 0.15) is 11.6 Å². The van der Waals surface area contributed by atoms with Crippen LogP contribution in [0.1, 0.15) is 33.4 Å². The standard InChI is InChI=1S/C26H25FN2O4/c1-32-15-14-29-24(21-12-5-6-13-22(21)27)23(19-10-3-4-11-20(19)26(29)31)25(30)28-17-8-7-9-18(16-17)33-2/h3-13,16,23-24H,14-15H2,1-2H3,(H,28,30). The van der Waals surface area contributed by atoms with Crippen molar-refractivity contribution in [3.63, 3.8) is 0 Å². The molecule has 7 heteroatoms. The van der Waals surface area contributed by atoms with Crippen molar-refractivity contribution in [3.8, 4) is 5.75 Å². The molecule has 0 aromatic heterocycles. The lowest BCUT2D eigenvalue weighted by molar-refractivity contribution is -0.119. The third-order valence-electron chi connectivity index (χ3n) is 5.82. The van der Waals surface area contributed by atoms with Crippen molar-refractivity contribution in [3.05, 3.63) is 95.3 Å². The maximum Gasteiger partial charge on any atom is 0.254 e. The van der Waals surface area contributed by atoms with Gasteiger partial charge in [-0.25, -0.2) is 4.39 Å². The Bertz CT molecular complexity index is 1170. The summed E-state index contributed by atoms with van der Waals surface area (Å²) in [5.41, 5.74) is 1.81. The first-order valence-electron chi connectivity index (χ1n) is 10.6. The van der Waals surface area contributed by atoms with Gasteiger partial charge in [-0.1, -0.05) is 42.5 Å². The lowest BCUT2D eigenvalue weighted by Gasteiger charge is -2.41. The first-order chi connectivity index (χ1) is 16.0. The summed E-state index contributed by atoms with van der Waals surface area (Å²) in [6.45, 7) is 0.467. The van der Waals surface area contributed by atoms with Crippen molar-refractivity contribution in [1.82, 2.24) is 4.90 Å². The first-order valence-corrected chi connectivity index (χ1v) is 10.6. The van der Waals surface area contributed by atoms with Gasteiger partial charge in [-0.2, -0.15) is 0 Å². The lowest BCUT2D eigenvalue weighted by atomic mass is 9.79. The van der Waals surface area contributed by atoms with Gasteiger partial charge in [0, 0.05) is 36.5 Å². The summed E-state index contributed by atoms with van der Waals surface area (Å²) >= 11 is 0. The number of ether oxygens (including phenoxy) is 2. The fraction of sp³-hybridized carbons (Fsp3) is 0.231. The summed E-state index contributed by atoms with van der Waals surface area (Å²) in [5, 5.41) is 2.93. The van der Waals surface area contributed by atoms with E-state index in [1.807, 2.05) is 0 Å². The normalized spacial score (nSPS) is 17.4. The number of fused-ring (bicyclic) bond motifs is 1. The van der Waals surface area contributed by atoms with Gasteiger partial charge in [0.15, 0.2) is 0 Å². The molecular weight excluding hydrogens is 423 g/mol. The highest BCUT2D eigenvalue weighted by Gasteiger charge is 2.44. The maximum atomic E-state index is 15.0. The molecule has 1 heterocycles. The monoisotopic (exact) mass is 448 g/mol. The second kappa shape index (κ2) is 9.83. The molecule has 1 N–H and O–H groups in total. The van der Waals surface area contributed by atoms with Crippen LogP contribution in [0.15, 0.2) is 72.8 Å². The number of carbonyl (C=O) groups excluding carboxylic acids is 2. The van der Waals surface area contributed by atoms with Crippen LogP contribution in [-0.2, 0) is 9.53 Å². The number of rotatable bonds is 7. The van der Waals surface area contributed by atoms with E-state index in [0.717, 1.165) is 0 Å². The number of hydrogen-bond donors (Lipinski definition) is 1. The van der Waals surface area contributed by atoms with Crippen molar-refractivity contribution in [1.29, 1.82) is 0 Å². The Morgan fingerprint density at radius 2 is 1.73 bits per heavy atom. The molecule has 0 fully saturated rings. The maximum absolute atomic E-state index is 15.0. The van der Waals surface area contributed by atoms with E-state index in [1.54, 1.807) is 73.8 Å². The van der Waals surface area contributed by atoms with E-state index in [2.05, 4.69) is 5.32 Å². The number of nitrogens with zero attached hydrogens (tertiary/aromatic N) is 1. The van der Waals surface area contributed by atoms with Crippen LogP contribution >= 0.6 is 0 Å². The Morgan fingerprint density at radius 3 is 2.45 bits per heavy atom. The molecule has 33 heavy (non-hydrogen) atoms. The molecule has 6 nitrogen and oxygen atoms in total. The molecule has 2 amide bonds. The fourth-order valence-corrected chi connectivity index (χ4v) is 4.29. The summed E-state index contributed by atoms with van der Waals surface area (Å²) in [5.74, 6) is -1.32. The molecule has 2 unspecified atom stereocenters. The highest BCUT2D eigenvalue weighted by atomic mass is 19.1. The minimum atomic E-state index is -0.839. The predicted molar refractivity (Wildman–Crippen MR) is 123 cm³/mol. The van der Waals surface area contributed by atoms with Crippen molar-refractivity contribution in [2.24, 2.45) is 0 Å². The zero-order valence-corrected chi connectivity index (χ0v) is 18.5. The summed E-state index contributed by atoms with van der Waals surface area (Å²) in [6.07, 6.45) is 0. The topological polar surface area (TPSA) is 67.9 Å². The molecule has 0 aliphatic carbocycles. The number of methoxy groups -OCH3 is 2. The molecule has 4 rings (SSSR count). The SMILES string of the molecule is COCCN1C(=O)c2ccccc2C(C(=O)Nc2cccc(OC)c2)C1c1ccccc1F. The second-order valence-corrected chi connectivity index (χ2v) is 7.74. The van der Waals surface area contributed by atoms with Crippen LogP contribution < -0.4 is 10.1 Å². The van der Waals surface area contributed by atoms with E-state index >= 15 is 4.39 Å². The number of halogens is 1. The summed E-state index contributed by atoms with van der Waals surface area (Å²) in [4.78, 5) is 28.7. The van der Waals surface area contributed by atoms with Crippen LogP contribution in [-0.4, -0.2) is 44.1 Å². The summed E-state index contributed by atoms with van der Waals surface area (Å²) in [6, 6.07) is 19.4. The average Bonchev–Trinajstić information content (AvgIpc) is 2.84. The molecule has 0 spiro atoms. The van der Waals surface area contributed by atoms with E-state index in [-0.39, 0.29) is 30.5 Å². The fourth-order valence-electron chi connectivity index (χ4n) is 4.29. The van der Waals surface area contributed by atoms with Crippen molar-refractivity contribution in [2.45, 2.75) is 12.0 Å². The van der Waals surface area contributed by atoms with Gasteiger partial charge >= 0.3 is 0 Å². The molecule has 2 atom stereocenters. The van der Waals surface area contributed by atoms with Crippen molar-refractivity contribution < 1.29 is 23.5 Å². The Hall–Kier alpha value is -3.71. The highest BCUT2D eigenvalue weighted by Crippen LogP contribution is 2.44. The number of carbonyl (C=O) groups is 2. The van der Waals surface area contributed by atoms with Gasteiger partial charge in [-0.15, -0.1) is 0 Å². The second-order valence-electron chi connectivity index (χ2n) is 7.74. The van der Waals surface area contributed by atoms with Gasteiger partial charge < -0.3 is 19.7 Å². The van der Waals surface area contributed by atoms with Gasteiger partial charge in [-0.05, 0) is 29.8 Å². The molecular formula is C26H25FN2O4. The number of hydrogen-bond acceptors (Lipinski definition) is 4. The van der Waals surface area contributed by atoms with Crippen molar-refractivity contribution >= 4 is 17.5 Å². The van der Waals surface area contributed by atoms with Crippen LogP contribution in [0.25, 0.3) is 0 Å². The third-order valence-corrected chi connectivity index (χ3v) is 5.82. The summed E-state index contributed by atoms with van der Waals surface area (Å²) in [7, 11) is 3.08. The van der Waals surface area contributed by atoms with Crippen LogP contribution in [0, 0.1) is 5.82 Å². The largest absolute Gasteiger partial charge is 0.497 e. The number of nitrogens with one attached hydrogen (secondary N) is 1. The number of amides is 2. The Labute approximate surface area is 191 Å². The average molecular weight is 448 g/mol. The molecule has 1 aliphatic heterocycles. The van der Waals surface area contributed by atoms with Crippen LogP contribution in [0.5, 0.6) is 5.75 Å². The highest BCUT2D eigenvalue weighted by molar-refractivity contribution is 6.04. The molecule has 0 saturated carbocycles. The van der Waals surface area contributed by atoms with Gasteiger partial charge in [0.25, 0.3) is 5.91 Å². The van der Waals surface area contributed by atoms with E-state index in [1.165, 1.54) is 18.1 Å². The van der Waals surface area contributed by atoms with Gasteiger partial charge in [-0.3, -0.25) is 9.59 Å². The van der Waals surface area contributed by atoms with Crippen LogP contribution in [0.4, 0.5) is 10.1 Å². The van der Waals surface area contributed by atoms with E-state index in [4.69, 9.17) is 9.47 Å². The zero-order valence-electron chi connectivity index (χ0n) is 18.5. The Morgan fingerprint density at radius 1 is 1.00 bits per heavy atom. The molecule has 1 aliphatic rings. The number of anilines is 1. The Kier molecular flexibility index (Phi) is 6.70. The molecule has 0 radical (unpaired) electrons. The van der Waals surface area contributed by atoms with Gasteiger partial charge in [0.05, 0.1) is 25.7 Å². The minimum Gasteiger partial charge on any atom is -0.497 e. The summed E-state index contributed by atoms with van der Waals surface area (Å²) < 4.78 is 25.5. The van der Waals surface area contributed by atoms with Gasteiger partial charge in [0.2, 0.25) is 5.91 Å². The molecule has 0 saturated heterocycles. The smallest absolute Gasteiger partial charge is 0.254 e. The molecule has 3 aromatic rings.